The predicted octanol–water partition coefficient (Wildman–Crippen LogP) is 2.38. The topological polar surface area (TPSA) is 76.0 Å². The molecule has 23 heavy (non-hydrogen) atoms. The van der Waals surface area contributed by atoms with Crippen LogP contribution in [0.25, 0.3) is 10.1 Å². The zero-order valence-electron chi connectivity index (χ0n) is 11.9. The van der Waals surface area contributed by atoms with E-state index >= 15 is 0 Å². The fourth-order valence-electron chi connectivity index (χ4n) is 2.88. The van der Waals surface area contributed by atoms with Gasteiger partial charge in [0.05, 0.1) is 0 Å². The van der Waals surface area contributed by atoms with Gasteiger partial charge in [0, 0.05) is 21.0 Å². The number of halogens is 1. The smallest absolute Gasteiger partial charge is 0.342 e. The maximum Gasteiger partial charge on any atom is 0.342 e. The molecule has 4 rings (SSSR count). The Morgan fingerprint density at radius 1 is 1.43 bits per heavy atom. The molecule has 2 bridgehead atoms. The molecule has 0 radical (unpaired) electrons. The Labute approximate surface area is 140 Å². The minimum atomic E-state index is -1.69. The number of hydrogen-bond donors (Lipinski definition) is 2. The summed E-state index contributed by atoms with van der Waals surface area (Å²) in [5, 5.41) is 22.0. The highest BCUT2D eigenvalue weighted by Crippen LogP contribution is 2.38. The van der Waals surface area contributed by atoms with Crippen molar-refractivity contribution in [1.82, 2.24) is 0 Å². The Balaban J connectivity index is 1.55. The van der Waals surface area contributed by atoms with Crippen molar-refractivity contribution in [3.63, 3.8) is 0 Å². The van der Waals surface area contributed by atoms with E-state index in [1.165, 1.54) is 17.4 Å². The Bertz CT molecular complexity index is 829. The molecule has 0 spiro atoms. The quantitative estimate of drug-likeness (QED) is 0.829. The summed E-state index contributed by atoms with van der Waals surface area (Å²) in [6.07, 6.45) is -0.492. The molecule has 2 N–H and O–H groups in total. The first-order valence-electron chi connectivity index (χ1n) is 7.10. The number of rotatable bonds is 3. The van der Waals surface area contributed by atoms with Crippen molar-refractivity contribution in [2.75, 3.05) is 0 Å². The normalized spacial score (nSPS) is 29.5. The lowest BCUT2D eigenvalue weighted by Crippen LogP contribution is -2.38. The minimum absolute atomic E-state index is 0.0568. The Hall–Kier alpha value is -1.60. The van der Waals surface area contributed by atoms with E-state index in [1.54, 1.807) is 0 Å². The standard InChI is InChI=1S/C16H13ClO5S/c17-9-2-1-8-3-10(23-13(8)4-9)7-21-11-5-16(20)6-12(14(11)18)22-15(16)19/h1-5,12,14,18,20H,6-7H2/t12-,14-,16+/m1/s1. The lowest BCUT2D eigenvalue weighted by atomic mass is 9.89. The summed E-state index contributed by atoms with van der Waals surface area (Å²) in [7, 11) is 0. The van der Waals surface area contributed by atoms with Gasteiger partial charge in [0.15, 0.2) is 5.60 Å². The van der Waals surface area contributed by atoms with Crippen LogP contribution < -0.4 is 0 Å². The van der Waals surface area contributed by atoms with Crippen LogP contribution in [-0.4, -0.2) is 34.0 Å². The molecule has 2 aromatic rings. The number of esters is 1. The highest BCUT2D eigenvalue weighted by molar-refractivity contribution is 7.19. The largest absolute Gasteiger partial charge is 0.490 e. The number of thiophene rings is 1. The highest BCUT2D eigenvalue weighted by atomic mass is 35.5. The molecule has 1 saturated heterocycles. The predicted molar refractivity (Wildman–Crippen MR) is 85.2 cm³/mol. The van der Waals surface area contributed by atoms with Gasteiger partial charge in [0.2, 0.25) is 0 Å². The molecule has 120 valence electrons. The van der Waals surface area contributed by atoms with Gasteiger partial charge in [0.1, 0.15) is 24.6 Å². The first-order valence-corrected chi connectivity index (χ1v) is 8.29. The maximum atomic E-state index is 11.6. The zero-order chi connectivity index (χ0) is 16.2. The molecule has 1 aromatic heterocycles. The van der Waals surface area contributed by atoms with E-state index in [2.05, 4.69) is 0 Å². The number of ether oxygens (including phenoxy) is 2. The van der Waals surface area contributed by atoms with Gasteiger partial charge in [-0.2, -0.15) is 0 Å². The van der Waals surface area contributed by atoms with Gasteiger partial charge in [-0.1, -0.05) is 17.7 Å². The number of benzene rings is 1. The van der Waals surface area contributed by atoms with Crippen molar-refractivity contribution in [3.8, 4) is 0 Å². The lowest BCUT2D eigenvalue weighted by molar-refractivity contribution is -0.152. The first kappa shape index (κ1) is 15.0. The number of hydrogen-bond acceptors (Lipinski definition) is 6. The lowest BCUT2D eigenvalue weighted by Gasteiger charge is -2.25. The van der Waals surface area contributed by atoms with Gasteiger partial charge < -0.3 is 19.7 Å². The molecule has 2 aliphatic rings. The Morgan fingerprint density at radius 2 is 2.26 bits per heavy atom. The van der Waals surface area contributed by atoms with Crippen LogP contribution in [0, 0.1) is 0 Å². The third-order valence-corrected chi connectivity index (χ3v) is 5.37. The summed E-state index contributed by atoms with van der Waals surface area (Å²) >= 11 is 7.51. The van der Waals surface area contributed by atoms with Gasteiger partial charge in [0.25, 0.3) is 0 Å². The summed E-state index contributed by atoms with van der Waals surface area (Å²) in [6, 6.07) is 7.62. The monoisotopic (exact) mass is 352 g/mol. The minimum Gasteiger partial charge on any atom is -0.490 e. The molecule has 0 unspecified atom stereocenters. The van der Waals surface area contributed by atoms with E-state index in [9.17, 15) is 15.0 Å². The molecule has 1 aliphatic carbocycles. The fourth-order valence-corrected chi connectivity index (χ4v) is 4.14. The second-order valence-corrected chi connectivity index (χ2v) is 7.35. The summed E-state index contributed by atoms with van der Waals surface area (Å²) in [5.74, 6) is -0.568. The highest BCUT2D eigenvalue weighted by Gasteiger charge is 2.54. The maximum absolute atomic E-state index is 11.6. The van der Waals surface area contributed by atoms with Gasteiger partial charge in [-0.15, -0.1) is 11.3 Å². The van der Waals surface area contributed by atoms with Crippen LogP contribution in [0.15, 0.2) is 36.1 Å². The summed E-state index contributed by atoms with van der Waals surface area (Å²) in [4.78, 5) is 12.5. The van der Waals surface area contributed by atoms with E-state index in [0.717, 1.165) is 15.0 Å². The van der Waals surface area contributed by atoms with Crippen LogP contribution in [-0.2, 0) is 20.9 Å². The van der Waals surface area contributed by atoms with Crippen molar-refractivity contribution < 1.29 is 24.5 Å². The third kappa shape index (κ3) is 2.52. The van der Waals surface area contributed by atoms with Crippen LogP contribution >= 0.6 is 22.9 Å². The number of fused-ring (bicyclic) bond motifs is 3. The molecular weight excluding hydrogens is 340 g/mol. The molecule has 5 nitrogen and oxygen atoms in total. The SMILES string of the molecule is O=C1O[C@@H]2C[C@@]1(O)C=C(OCc1cc3ccc(Cl)cc3s1)[C@H]2O. The Kier molecular flexibility index (Phi) is 3.39. The fraction of sp³-hybridized carbons (Fsp3) is 0.312. The molecule has 1 fully saturated rings. The number of aliphatic hydroxyl groups excluding tert-OH is 1. The second kappa shape index (κ2) is 5.21. The van der Waals surface area contributed by atoms with E-state index in [1.807, 2.05) is 24.3 Å². The van der Waals surface area contributed by atoms with Gasteiger partial charge >= 0.3 is 5.97 Å². The molecule has 1 aliphatic heterocycles. The average Bonchev–Trinajstić information content (AvgIpc) is 3.01. The van der Waals surface area contributed by atoms with Crippen molar-refractivity contribution in [3.05, 3.63) is 46.0 Å². The van der Waals surface area contributed by atoms with Gasteiger partial charge in [-0.3, -0.25) is 0 Å². The average molecular weight is 353 g/mol. The van der Waals surface area contributed by atoms with E-state index in [0.29, 0.717) is 5.02 Å². The Morgan fingerprint density at radius 3 is 3.09 bits per heavy atom. The molecule has 2 heterocycles. The molecule has 1 aromatic carbocycles. The van der Waals surface area contributed by atoms with Crippen LogP contribution in [0.3, 0.4) is 0 Å². The summed E-state index contributed by atoms with van der Waals surface area (Å²) < 4.78 is 11.6. The summed E-state index contributed by atoms with van der Waals surface area (Å²) in [6.45, 7) is 0.233. The summed E-state index contributed by atoms with van der Waals surface area (Å²) in [5.41, 5.74) is -1.69. The number of carbonyl (C=O) groups excluding carboxylic acids is 1. The van der Waals surface area contributed by atoms with Gasteiger partial charge in [-0.25, -0.2) is 4.79 Å². The van der Waals surface area contributed by atoms with E-state index in [-0.39, 0.29) is 18.8 Å². The van der Waals surface area contributed by atoms with Crippen LogP contribution in [0.4, 0.5) is 0 Å². The molecule has 0 amide bonds. The van der Waals surface area contributed by atoms with Crippen LogP contribution in [0.5, 0.6) is 0 Å². The van der Waals surface area contributed by atoms with Crippen molar-refractivity contribution in [1.29, 1.82) is 0 Å². The molecule has 0 saturated carbocycles. The molecule has 7 heteroatoms. The van der Waals surface area contributed by atoms with Crippen molar-refractivity contribution in [2.24, 2.45) is 0 Å². The second-order valence-electron chi connectivity index (χ2n) is 5.75. The zero-order valence-corrected chi connectivity index (χ0v) is 13.4. The molecular formula is C16H13ClO5S. The van der Waals surface area contributed by atoms with Crippen LogP contribution in [0.2, 0.25) is 5.02 Å². The van der Waals surface area contributed by atoms with Crippen LogP contribution in [0.1, 0.15) is 11.3 Å². The number of carbonyl (C=O) groups is 1. The van der Waals surface area contributed by atoms with Crippen molar-refractivity contribution in [2.45, 2.75) is 30.8 Å². The van der Waals surface area contributed by atoms with Gasteiger partial charge in [-0.05, 0) is 29.7 Å². The van der Waals surface area contributed by atoms with Crippen molar-refractivity contribution >= 4 is 39.0 Å². The number of aliphatic hydroxyl groups is 2. The molecule has 3 atom stereocenters. The first-order chi connectivity index (χ1) is 10.9. The third-order valence-electron chi connectivity index (χ3n) is 4.06. The van der Waals surface area contributed by atoms with E-state index < -0.39 is 23.8 Å². The van der Waals surface area contributed by atoms with E-state index in [4.69, 9.17) is 21.1 Å².